The summed E-state index contributed by atoms with van der Waals surface area (Å²) in [6.07, 6.45) is -0.840. The normalized spacial score (nSPS) is 36.9. The summed E-state index contributed by atoms with van der Waals surface area (Å²) in [6.45, 7) is -0.296. The lowest BCUT2D eigenvalue weighted by Gasteiger charge is -2.35. The van der Waals surface area contributed by atoms with Gasteiger partial charge in [0.05, 0.1) is 18.7 Å². The number of aliphatic hydroxyl groups is 3. The molecule has 1 aliphatic rings. The molecule has 2 heterocycles. The molecule has 0 amide bonds. The minimum Gasteiger partial charge on any atom is -0.394 e. The molecule has 0 unspecified atom stereocenters. The first kappa shape index (κ1) is 9.53. The lowest BCUT2D eigenvalue weighted by atomic mass is 9.95. The van der Waals surface area contributed by atoms with Crippen LogP contribution in [0.1, 0.15) is 17.9 Å². The standard InChI is InChI=1S/C7H12N4O3/c8-4-6(14)5(13)3(1-12)11-2-9-10-7(4)11/h2-6,12-14H,1,8H2/t3-,4-,5-,6+/m1/s1. The van der Waals surface area contributed by atoms with Crippen molar-refractivity contribution in [3.8, 4) is 0 Å². The van der Waals surface area contributed by atoms with E-state index in [4.69, 9.17) is 10.8 Å². The second kappa shape index (κ2) is 3.28. The number of nitrogens with two attached hydrogens (primary N) is 1. The second-order valence-corrected chi connectivity index (χ2v) is 3.35. The van der Waals surface area contributed by atoms with E-state index in [9.17, 15) is 10.2 Å². The van der Waals surface area contributed by atoms with Crippen LogP contribution < -0.4 is 5.73 Å². The minimum absolute atomic E-state index is 0.296. The Bertz CT molecular complexity index is 328. The number of aromatic nitrogens is 3. The molecule has 1 aliphatic heterocycles. The monoisotopic (exact) mass is 200 g/mol. The van der Waals surface area contributed by atoms with Crippen LogP contribution in [0.4, 0.5) is 0 Å². The number of nitrogens with zero attached hydrogens (tertiary/aromatic N) is 3. The Balaban J connectivity index is 2.44. The van der Waals surface area contributed by atoms with E-state index in [-0.39, 0.29) is 6.61 Å². The van der Waals surface area contributed by atoms with E-state index in [2.05, 4.69) is 10.2 Å². The fourth-order valence-corrected chi connectivity index (χ4v) is 1.70. The Kier molecular flexibility index (Phi) is 2.23. The highest BCUT2D eigenvalue weighted by Gasteiger charge is 2.40. The van der Waals surface area contributed by atoms with Gasteiger partial charge in [-0.25, -0.2) is 0 Å². The summed E-state index contributed by atoms with van der Waals surface area (Å²) in [5.41, 5.74) is 5.63. The van der Waals surface area contributed by atoms with Crippen LogP contribution in [-0.2, 0) is 0 Å². The minimum atomic E-state index is -1.12. The summed E-state index contributed by atoms with van der Waals surface area (Å²) in [5, 5.41) is 35.5. The highest BCUT2D eigenvalue weighted by molar-refractivity contribution is 5.07. The highest BCUT2D eigenvalue weighted by atomic mass is 16.3. The molecule has 5 N–H and O–H groups in total. The molecule has 0 bridgehead atoms. The van der Waals surface area contributed by atoms with Crippen LogP contribution in [0.5, 0.6) is 0 Å². The topological polar surface area (TPSA) is 117 Å². The van der Waals surface area contributed by atoms with Crippen molar-refractivity contribution >= 4 is 0 Å². The molecular formula is C7H12N4O3. The van der Waals surface area contributed by atoms with Crippen LogP contribution in [0.25, 0.3) is 0 Å². The molecule has 0 aromatic carbocycles. The first-order valence-electron chi connectivity index (χ1n) is 4.28. The van der Waals surface area contributed by atoms with E-state index in [0.717, 1.165) is 0 Å². The summed E-state index contributed by atoms with van der Waals surface area (Å²) in [7, 11) is 0. The van der Waals surface area contributed by atoms with E-state index in [1.807, 2.05) is 0 Å². The zero-order chi connectivity index (χ0) is 10.3. The van der Waals surface area contributed by atoms with Crippen LogP contribution in [0.15, 0.2) is 6.33 Å². The first-order valence-corrected chi connectivity index (χ1v) is 4.28. The Hall–Kier alpha value is -1.02. The van der Waals surface area contributed by atoms with Gasteiger partial charge in [-0.3, -0.25) is 0 Å². The Morgan fingerprint density at radius 1 is 1.43 bits per heavy atom. The van der Waals surface area contributed by atoms with Gasteiger partial charge in [0, 0.05) is 0 Å². The largest absolute Gasteiger partial charge is 0.394 e. The van der Waals surface area contributed by atoms with E-state index in [0.29, 0.717) is 5.82 Å². The van der Waals surface area contributed by atoms with Crippen LogP contribution in [0.3, 0.4) is 0 Å². The van der Waals surface area contributed by atoms with Gasteiger partial charge in [-0.1, -0.05) is 0 Å². The maximum absolute atomic E-state index is 9.61. The molecule has 78 valence electrons. The predicted molar refractivity (Wildman–Crippen MR) is 45.1 cm³/mol. The van der Waals surface area contributed by atoms with Crippen molar-refractivity contribution in [2.45, 2.75) is 24.3 Å². The molecular weight excluding hydrogens is 188 g/mol. The van der Waals surface area contributed by atoms with Crippen molar-refractivity contribution in [2.24, 2.45) is 5.73 Å². The zero-order valence-electron chi connectivity index (χ0n) is 7.35. The molecule has 0 spiro atoms. The van der Waals surface area contributed by atoms with Gasteiger partial charge in [0.2, 0.25) is 0 Å². The van der Waals surface area contributed by atoms with Crippen molar-refractivity contribution in [3.63, 3.8) is 0 Å². The summed E-state index contributed by atoms with van der Waals surface area (Å²) in [5.74, 6) is 0.377. The van der Waals surface area contributed by atoms with Crippen LogP contribution in [-0.4, -0.2) is 48.9 Å². The summed E-state index contributed by atoms with van der Waals surface area (Å²) in [6, 6.07) is -1.40. The van der Waals surface area contributed by atoms with Gasteiger partial charge in [0.15, 0.2) is 5.82 Å². The number of aliphatic hydroxyl groups excluding tert-OH is 3. The Morgan fingerprint density at radius 3 is 2.79 bits per heavy atom. The third-order valence-corrected chi connectivity index (χ3v) is 2.56. The van der Waals surface area contributed by atoms with Crippen LogP contribution in [0, 0.1) is 0 Å². The summed E-state index contributed by atoms with van der Waals surface area (Å²) in [4.78, 5) is 0. The number of hydrogen-bond donors (Lipinski definition) is 4. The first-order chi connectivity index (χ1) is 6.66. The highest BCUT2D eigenvalue weighted by Crippen LogP contribution is 2.28. The Morgan fingerprint density at radius 2 is 2.14 bits per heavy atom. The fourth-order valence-electron chi connectivity index (χ4n) is 1.70. The molecule has 7 heteroatoms. The number of hydrogen-bond acceptors (Lipinski definition) is 6. The molecule has 0 radical (unpaired) electrons. The molecule has 0 aliphatic carbocycles. The predicted octanol–water partition coefficient (Wildman–Crippen LogP) is -2.45. The quantitative estimate of drug-likeness (QED) is 0.399. The van der Waals surface area contributed by atoms with Crippen molar-refractivity contribution in [1.29, 1.82) is 0 Å². The van der Waals surface area contributed by atoms with Crippen molar-refractivity contribution in [1.82, 2.24) is 14.8 Å². The van der Waals surface area contributed by atoms with Crippen molar-refractivity contribution in [3.05, 3.63) is 12.2 Å². The average Bonchev–Trinajstić information content (AvgIpc) is 2.64. The smallest absolute Gasteiger partial charge is 0.152 e. The molecule has 7 nitrogen and oxygen atoms in total. The van der Waals surface area contributed by atoms with Gasteiger partial charge in [0.1, 0.15) is 18.5 Å². The number of fused-ring (bicyclic) bond motifs is 1. The van der Waals surface area contributed by atoms with Gasteiger partial charge in [-0.05, 0) is 0 Å². The third-order valence-electron chi connectivity index (χ3n) is 2.56. The van der Waals surface area contributed by atoms with Crippen LogP contribution >= 0.6 is 0 Å². The maximum atomic E-state index is 9.61. The summed E-state index contributed by atoms with van der Waals surface area (Å²) >= 11 is 0. The fraction of sp³-hybridized carbons (Fsp3) is 0.714. The molecule has 1 aromatic heterocycles. The van der Waals surface area contributed by atoms with Gasteiger partial charge in [0.25, 0.3) is 0 Å². The molecule has 0 saturated heterocycles. The van der Waals surface area contributed by atoms with Gasteiger partial charge in [-0.2, -0.15) is 0 Å². The molecule has 14 heavy (non-hydrogen) atoms. The molecule has 2 rings (SSSR count). The molecule has 0 saturated carbocycles. The average molecular weight is 200 g/mol. The molecule has 4 atom stereocenters. The van der Waals surface area contributed by atoms with Gasteiger partial charge < -0.3 is 25.6 Å². The Labute approximate surface area is 79.8 Å². The van der Waals surface area contributed by atoms with Gasteiger partial charge in [-0.15, -0.1) is 10.2 Å². The zero-order valence-corrected chi connectivity index (χ0v) is 7.35. The third kappa shape index (κ3) is 1.14. The van der Waals surface area contributed by atoms with E-state index >= 15 is 0 Å². The van der Waals surface area contributed by atoms with E-state index in [1.165, 1.54) is 10.9 Å². The summed E-state index contributed by atoms with van der Waals surface area (Å²) < 4.78 is 1.49. The molecule has 0 fully saturated rings. The maximum Gasteiger partial charge on any atom is 0.152 e. The van der Waals surface area contributed by atoms with Crippen molar-refractivity contribution in [2.75, 3.05) is 6.61 Å². The van der Waals surface area contributed by atoms with Gasteiger partial charge >= 0.3 is 0 Å². The van der Waals surface area contributed by atoms with Crippen LogP contribution in [0.2, 0.25) is 0 Å². The number of rotatable bonds is 1. The lowest BCUT2D eigenvalue weighted by Crippen LogP contribution is -2.48. The molecule has 1 aromatic rings. The van der Waals surface area contributed by atoms with E-state index in [1.54, 1.807) is 0 Å². The lowest BCUT2D eigenvalue weighted by molar-refractivity contribution is -0.0565. The second-order valence-electron chi connectivity index (χ2n) is 3.35. The van der Waals surface area contributed by atoms with Crippen molar-refractivity contribution < 1.29 is 15.3 Å². The SMILES string of the molecule is N[C@H]1c2nncn2[C@H](CO)[C@@H](O)[C@H]1O. The van der Waals surface area contributed by atoms with E-state index < -0.39 is 24.3 Å².